The lowest BCUT2D eigenvalue weighted by Crippen LogP contribution is -1.50. The van der Waals surface area contributed by atoms with Crippen LogP contribution in [0.15, 0.2) is 62.8 Å². The molecule has 0 amide bonds. The molecule has 0 unspecified atom stereocenters. The molecule has 0 aromatic carbocycles. The molecule has 0 N–H and O–H groups in total. The first-order chi connectivity index (χ1) is 5.60. The molecule has 0 saturated heterocycles. The normalized spacial score (nSPS) is 5.50. The molecule has 12 heavy (non-hydrogen) atoms. The molecular weight excluding hydrogens is 144 g/mol. The van der Waals surface area contributed by atoms with Gasteiger partial charge in [-0.25, -0.2) is 0 Å². The molecule has 0 heterocycles. The molecule has 0 aliphatic carbocycles. The van der Waals surface area contributed by atoms with Crippen molar-refractivity contribution in [3.8, 4) is 0 Å². The second kappa shape index (κ2) is 22.6. The monoisotopic (exact) mass is 164 g/mol. The molecule has 0 atom stereocenters. The summed E-state index contributed by atoms with van der Waals surface area (Å²) in [6.07, 6.45) is 6.75. The second-order valence-electron chi connectivity index (χ2n) is 1.93. The molecule has 0 aromatic heterocycles. The van der Waals surface area contributed by atoms with Crippen LogP contribution in [0.4, 0.5) is 0 Å². The van der Waals surface area contributed by atoms with Crippen LogP contribution in [0.5, 0.6) is 0 Å². The minimum atomic E-state index is 1.02. The molecule has 0 nitrogen and oxygen atoms in total. The van der Waals surface area contributed by atoms with Crippen LogP contribution in [-0.4, -0.2) is 0 Å². The zero-order valence-electron chi connectivity index (χ0n) is 8.34. The Kier molecular flexibility index (Phi) is 32.0. The Morgan fingerprint density at radius 1 is 1.00 bits per heavy atom. The molecule has 0 saturated carbocycles. The van der Waals surface area contributed by atoms with Crippen LogP contribution in [0.3, 0.4) is 0 Å². The molecule has 0 fully saturated rings. The lowest BCUT2D eigenvalue weighted by atomic mass is 10.4. The predicted molar refractivity (Wildman–Crippen MR) is 61.3 cm³/mol. The molecular formula is C12H20. The minimum Gasteiger partial charge on any atom is -0.103 e. The van der Waals surface area contributed by atoms with Gasteiger partial charge in [0.25, 0.3) is 0 Å². The molecule has 0 bridgehead atoms. The van der Waals surface area contributed by atoms with Crippen LogP contribution in [0.25, 0.3) is 0 Å². The minimum absolute atomic E-state index is 1.02. The molecule has 0 aliphatic heterocycles. The molecule has 0 heteroatoms. The molecule has 0 aromatic rings. The summed E-state index contributed by atoms with van der Waals surface area (Å²) in [5.74, 6) is 0. The molecule has 0 radical (unpaired) electrons. The van der Waals surface area contributed by atoms with E-state index in [0.29, 0.717) is 0 Å². The van der Waals surface area contributed by atoms with Crippen molar-refractivity contribution in [1.82, 2.24) is 0 Å². The van der Waals surface area contributed by atoms with E-state index in [0.717, 1.165) is 5.57 Å². The second-order valence-corrected chi connectivity index (χ2v) is 1.93. The Labute approximate surface area is 77.3 Å². The highest BCUT2D eigenvalue weighted by molar-refractivity contribution is 5.05. The maximum absolute atomic E-state index is 3.56. The van der Waals surface area contributed by atoms with Gasteiger partial charge in [0.15, 0.2) is 0 Å². The van der Waals surface area contributed by atoms with Gasteiger partial charge < -0.3 is 0 Å². The number of hydrogen-bond acceptors (Lipinski definition) is 0. The van der Waals surface area contributed by atoms with Crippen molar-refractivity contribution in [2.45, 2.75) is 13.8 Å². The van der Waals surface area contributed by atoms with E-state index in [1.807, 2.05) is 13.8 Å². The van der Waals surface area contributed by atoms with E-state index in [1.54, 1.807) is 24.3 Å². The highest BCUT2D eigenvalue weighted by atomic mass is 13.7. The summed E-state index contributed by atoms with van der Waals surface area (Å²) in [6, 6.07) is 0. The SMILES string of the molecule is C=CC.C=CC(=C)C.C=CC=C. The maximum Gasteiger partial charge on any atom is -0.0404 e. The lowest BCUT2D eigenvalue weighted by Gasteiger charge is -1.71. The smallest absolute Gasteiger partial charge is 0.0404 e. The Bertz CT molecular complexity index is 132. The van der Waals surface area contributed by atoms with E-state index in [-0.39, 0.29) is 0 Å². The van der Waals surface area contributed by atoms with Gasteiger partial charge in [-0.2, -0.15) is 0 Å². The number of rotatable bonds is 2. The summed E-state index contributed by atoms with van der Waals surface area (Å²) >= 11 is 0. The zero-order chi connectivity index (χ0) is 10.4. The van der Waals surface area contributed by atoms with Crippen LogP contribution in [0.2, 0.25) is 0 Å². The third-order valence-corrected chi connectivity index (χ3v) is 0.515. The molecule has 0 spiro atoms. The van der Waals surface area contributed by atoms with Crippen LogP contribution < -0.4 is 0 Å². The predicted octanol–water partition coefficient (Wildman–Crippen LogP) is 4.30. The van der Waals surface area contributed by atoms with Crippen molar-refractivity contribution in [3.05, 3.63) is 62.8 Å². The topological polar surface area (TPSA) is 0 Å². The number of hydrogen-bond donors (Lipinski definition) is 0. The Balaban J connectivity index is -0.000000105. The summed E-state index contributed by atoms with van der Waals surface area (Å²) < 4.78 is 0. The molecule has 0 rings (SSSR count). The van der Waals surface area contributed by atoms with Crippen LogP contribution >= 0.6 is 0 Å². The summed E-state index contributed by atoms with van der Waals surface area (Å²) in [5, 5.41) is 0. The van der Waals surface area contributed by atoms with Crippen molar-refractivity contribution in [3.63, 3.8) is 0 Å². The van der Waals surface area contributed by atoms with Gasteiger partial charge in [0.2, 0.25) is 0 Å². The maximum atomic E-state index is 3.56. The van der Waals surface area contributed by atoms with E-state index in [2.05, 4.69) is 32.9 Å². The van der Waals surface area contributed by atoms with Gasteiger partial charge in [-0.05, 0) is 13.8 Å². The fraction of sp³-hybridized carbons (Fsp3) is 0.167. The summed E-state index contributed by atoms with van der Waals surface area (Å²) in [7, 11) is 0. The Hall–Kier alpha value is -1.30. The van der Waals surface area contributed by atoms with E-state index in [1.165, 1.54) is 0 Å². The quantitative estimate of drug-likeness (QED) is 0.421. The molecule has 0 aliphatic rings. The van der Waals surface area contributed by atoms with Gasteiger partial charge in [0.05, 0.1) is 0 Å². The van der Waals surface area contributed by atoms with Crippen molar-refractivity contribution in [2.75, 3.05) is 0 Å². The van der Waals surface area contributed by atoms with Crippen molar-refractivity contribution < 1.29 is 0 Å². The summed E-state index contributed by atoms with van der Waals surface area (Å²) in [6.45, 7) is 20.9. The number of allylic oxidation sites excluding steroid dienone is 5. The van der Waals surface area contributed by atoms with Crippen molar-refractivity contribution in [1.29, 1.82) is 0 Å². The van der Waals surface area contributed by atoms with Gasteiger partial charge in [-0.3, -0.25) is 0 Å². The fourth-order valence-corrected chi connectivity index (χ4v) is 0. The first-order valence-electron chi connectivity index (χ1n) is 3.69. The van der Waals surface area contributed by atoms with Crippen LogP contribution in [0, 0.1) is 0 Å². The van der Waals surface area contributed by atoms with E-state index < -0.39 is 0 Å². The van der Waals surface area contributed by atoms with Gasteiger partial charge in [0, 0.05) is 0 Å². The highest BCUT2D eigenvalue weighted by Gasteiger charge is 1.59. The Morgan fingerprint density at radius 2 is 1.17 bits per heavy atom. The standard InChI is InChI=1S/C5H8.C4H6.C3H6/c1-4-5(2)3;1-3-4-2;1-3-2/h4H,1-2H2,3H3;3-4H,1-2H2;3H,1H2,2H3. The van der Waals surface area contributed by atoms with Gasteiger partial charge in [0.1, 0.15) is 0 Å². The third-order valence-electron chi connectivity index (χ3n) is 0.515. The molecule has 68 valence electrons. The van der Waals surface area contributed by atoms with Crippen molar-refractivity contribution in [2.24, 2.45) is 0 Å². The van der Waals surface area contributed by atoms with Crippen LogP contribution in [-0.2, 0) is 0 Å². The summed E-state index contributed by atoms with van der Waals surface area (Å²) in [4.78, 5) is 0. The zero-order valence-corrected chi connectivity index (χ0v) is 8.34. The van der Waals surface area contributed by atoms with Gasteiger partial charge in [-0.1, -0.05) is 56.2 Å². The van der Waals surface area contributed by atoms with E-state index >= 15 is 0 Å². The Morgan fingerprint density at radius 3 is 1.17 bits per heavy atom. The fourth-order valence-electron chi connectivity index (χ4n) is 0. The van der Waals surface area contributed by atoms with Crippen molar-refractivity contribution >= 4 is 0 Å². The lowest BCUT2D eigenvalue weighted by molar-refractivity contribution is 1.58. The van der Waals surface area contributed by atoms with Crippen LogP contribution in [0.1, 0.15) is 13.8 Å². The first-order valence-corrected chi connectivity index (χ1v) is 3.69. The van der Waals surface area contributed by atoms with Gasteiger partial charge >= 0.3 is 0 Å². The van der Waals surface area contributed by atoms with E-state index in [4.69, 9.17) is 0 Å². The average Bonchev–Trinajstić information content (AvgIpc) is 2.06. The van der Waals surface area contributed by atoms with Gasteiger partial charge in [-0.15, -0.1) is 6.58 Å². The average molecular weight is 164 g/mol. The van der Waals surface area contributed by atoms with E-state index in [9.17, 15) is 0 Å². The largest absolute Gasteiger partial charge is 0.103 e. The first kappa shape index (κ1) is 17.0. The summed E-state index contributed by atoms with van der Waals surface area (Å²) in [5.41, 5.74) is 1.02. The third kappa shape index (κ3) is 178. The highest BCUT2D eigenvalue weighted by Crippen LogP contribution is 1.81.